The second-order valence-corrected chi connectivity index (χ2v) is 6.44. The Morgan fingerprint density at radius 2 is 2.08 bits per heavy atom. The van der Waals surface area contributed by atoms with Crippen molar-refractivity contribution in [3.63, 3.8) is 0 Å². The van der Waals surface area contributed by atoms with Gasteiger partial charge in [-0.1, -0.05) is 12.1 Å². The Morgan fingerprint density at radius 1 is 1.28 bits per heavy atom. The molecule has 1 unspecified atom stereocenters. The Morgan fingerprint density at radius 3 is 2.76 bits per heavy atom. The molecule has 2 aromatic heterocycles. The van der Waals surface area contributed by atoms with Gasteiger partial charge in [0.2, 0.25) is 0 Å². The number of aromatic nitrogens is 2. The summed E-state index contributed by atoms with van der Waals surface area (Å²) in [5, 5.41) is 12.7. The van der Waals surface area contributed by atoms with Crippen molar-refractivity contribution < 1.29 is 14.6 Å². The molecule has 2 aromatic rings. The van der Waals surface area contributed by atoms with E-state index < -0.39 is 0 Å². The van der Waals surface area contributed by atoms with E-state index in [-0.39, 0.29) is 24.0 Å². The second kappa shape index (κ2) is 8.18. The SMILES string of the molecule is COCc1cccc(C(=O)NC(Cc2ccccn2)C2CC(O)C2)n1. The van der Waals surface area contributed by atoms with Gasteiger partial charge in [-0.15, -0.1) is 0 Å². The van der Waals surface area contributed by atoms with E-state index in [1.54, 1.807) is 25.4 Å². The average molecular weight is 341 g/mol. The zero-order valence-electron chi connectivity index (χ0n) is 14.3. The molecule has 25 heavy (non-hydrogen) atoms. The van der Waals surface area contributed by atoms with Gasteiger partial charge >= 0.3 is 0 Å². The standard InChI is InChI=1S/C19H23N3O3/c1-25-12-15-6-4-7-17(21-15)19(24)22-18(13-9-16(23)10-13)11-14-5-2-3-8-20-14/h2-8,13,16,18,23H,9-12H2,1H3,(H,22,24). The molecule has 0 bridgehead atoms. The van der Waals surface area contributed by atoms with Crippen molar-refractivity contribution in [3.05, 3.63) is 59.7 Å². The average Bonchev–Trinajstić information content (AvgIpc) is 2.60. The highest BCUT2D eigenvalue weighted by atomic mass is 16.5. The van der Waals surface area contributed by atoms with Crippen LogP contribution in [0.25, 0.3) is 0 Å². The first-order valence-corrected chi connectivity index (χ1v) is 8.49. The first kappa shape index (κ1) is 17.5. The Kier molecular flexibility index (Phi) is 5.73. The summed E-state index contributed by atoms with van der Waals surface area (Å²) in [6.07, 6.45) is 3.53. The Hall–Kier alpha value is -2.31. The van der Waals surface area contributed by atoms with Gasteiger partial charge in [0.25, 0.3) is 5.91 Å². The summed E-state index contributed by atoms with van der Waals surface area (Å²) < 4.78 is 5.07. The summed E-state index contributed by atoms with van der Waals surface area (Å²) >= 11 is 0. The third-order valence-corrected chi connectivity index (χ3v) is 4.52. The van der Waals surface area contributed by atoms with Gasteiger partial charge in [0.05, 0.1) is 18.4 Å². The molecule has 1 amide bonds. The summed E-state index contributed by atoms with van der Waals surface area (Å²) in [5.41, 5.74) is 2.02. The van der Waals surface area contributed by atoms with E-state index in [2.05, 4.69) is 15.3 Å². The lowest BCUT2D eigenvalue weighted by Crippen LogP contribution is -2.48. The monoisotopic (exact) mass is 341 g/mol. The maximum Gasteiger partial charge on any atom is 0.270 e. The molecule has 2 heterocycles. The van der Waals surface area contributed by atoms with Crippen molar-refractivity contribution >= 4 is 5.91 Å². The van der Waals surface area contributed by atoms with Crippen LogP contribution < -0.4 is 5.32 Å². The number of rotatable bonds is 7. The summed E-state index contributed by atoms with van der Waals surface area (Å²) in [6.45, 7) is 0.368. The highest BCUT2D eigenvalue weighted by Crippen LogP contribution is 2.31. The van der Waals surface area contributed by atoms with E-state index in [1.165, 1.54) is 0 Å². The lowest BCUT2D eigenvalue weighted by molar-refractivity contribution is 0.0237. The van der Waals surface area contributed by atoms with Crippen molar-refractivity contribution in [1.29, 1.82) is 0 Å². The van der Waals surface area contributed by atoms with Crippen molar-refractivity contribution in [2.45, 2.75) is 38.0 Å². The molecule has 1 saturated carbocycles. The zero-order valence-corrected chi connectivity index (χ0v) is 14.3. The van der Waals surface area contributed by atoms with E-state index in [9.17, 15) is 9.90 Å². The molecular weight excluding hydrogens is 318 g/mol. The maximum absolute atomic E-state index is 12.6. The van der Waals surface area contributed by atoms with Gasteiger partial charge in [0, 0.05) is 31.5 Å². The topological polar surface area (TPSA) is 84.3 Å². The van der Waals surface area contributed by atoms with E-state index in [1.807, 2.05) is 24.3 Å². The normalized spacial score (nSPS) is 20.6. The van der Waals surface area contributed by atoms with Crippen molar-refractivity contribution in [1.82, 2.24) is 15.3 Å². The van der Waals surface area contributed by atoms with Gasteiger partial charge in [-0.05, 0) is 43.0 Å². The number of carbonyl (C=O) groups excluding carboxylic acids is 1. The van der Waals surface area contributed by atoms with Crippen LogP contribution in [-0.4, -0.2) is 40.2 Å². The number of pyridine rings is 2. The van der Waals surface area contributed by atoms with Crippen LogP contribution in [0.3, 0.4) is 0 Å². The largest absolute Gasteiger partial charge is 0.393 e. The third-order valence-electron chi connectivity index (χ3n) is 4.52. The van der Waals surface area contributed by atoms with Gasteiger partial charge in [-0.3, -0.25) is 9.78 Å². The highest BCUT2D eigenvalue weighted by Gasteiger charge is 2.35. The van der Waals surface area contributed by atoms with Gasteiger partial charge in [0.1, 0.15) is 5.69 Å². The van der Waals surface area contributed by atoms with E-state index in [0.717, 1.165) is 11.4 Å². The Balaban J connectivity index is 1.70. The molecule has 1 atom stereocenters. The number of hydrogen-bond donors (Lipinski definition) is 2. The molecule has 6 nitrogen and oxygen atoms in total. The lowest BCUT2D eigenvalue weighted by atomic mass is 9.76. The summed E-state index contributed by atoms with van der Waals surface area (Å²) in [4.78, 5) is 21.3. The van der Waals surface area contributed by atoms with E-state index >= 15 is 0 Å². The molecule has 0 saturated heterocycles. The van der Waals surface area contributed by atoms with Crippen molar-refractivity contribution in [3.8, 4) is 0 Å². The van der Waals surface area contributed by atoms with E-state index in [0.29, 0.717) is 31.6 Å². The first-order chi connectivity index (χ1) is 12.2. The maximum atomic E-state index is 12.6. The molecule has 2 N–H and O–H groups in total. The lowest BCUT2D eigenvalue weighted by Gasteiger charge is -2.38. The van der Waals surface area contributed by atoms with Gasteiger partial charge in [-0.2, -0.15) is 0 Å². The fraction of sp³-hybridized carbons (Fsp3) is 0.421. The zero-order chi connectivity index (χ0) is 17.6. The quantitative estimate of drug-likeness (QED) is 0.801. The number of ether oxygens (including phenoxy) is 1. The Labute approximate surface area is 147 Å². The number of carbonyl (C=O) groups is 1. The molecule has 132 valence electrons. The molecule has 0 spiro atoms. The molecule has 6 heteroatoms. The third kappa shape index (κ3) is 4.61. The van der Waals surface area contributed by atoms with Crippen LogP contribution in [0.1, 0.15) is 34.7 Å². The van der Waals surface area contributed by atoms with Gasteiger partial charge in [0.15, 0.2) is 0 Å². The summed E-state index contributed by atoms with van der Waals surface area (Å²) in [6, 6.07) is 11.0. The van der Waals surface area contributed by atoms with Crippen LogP contribution in [-0.2, 0) is 17.8 Å². The molecule has 0 radical (unpaired) electrons. The summed E-state index contributed by atoms with van der Waals surface area (Å²) in [7, 11) is 1.60. The predicted molar refractivity (Wildman–Crippen MR) is 92.9 cm³/mol. The number of nitrogens with one attached hydrogen (secondary N) is 1. The summed E-state index contributed by atoms with van der Waals surface area (Å²) in [5.74, 6) is 0.0448. The number of aliphatic hydroxyl groups excluding tert-OH is 1. The second-order valence-electron chi connectivity index (χ2n) is 6.44. The molecule has 0 aliphatic heterocycles. The molecule has 1 fully saturated rings. The fourth-order valence-electron chi connectivity index (χ4n) is 3.11. The highest BCUT2D eigenvalue weighted by molar-refractivity contribution is 5.92. The first-order valence-electron chi connectivity index (χ1n) is 8.49. The number of hydrogen-bond acceptors (Lipinski definition) is 5. The number of aliphatic hydroxyl groups is 1. The van der Waals surface area contributed by atoms with Crippen LogP contribution in [0.5, 0.6) is 0 Å². The molecular formula is C19H23N3O3. The van der Waals surface area contributed by atoms with Crippen molar-refractivity contribution in [2.75, 3.05) is 7.11 Å². The Bertz CT molecular complexity index is 702. The van der Waals surface area contributed by atoms with Crippen LogP contribution in [0.15, 0.2) is 42.6 Å². The fourth-order valence-corrected chi connectivity index (χ4v) is 3.11. The van der Waals surface area contributed by atoms with Crippen molar-refractivity contribution in [2.24, 2.45) is 5.92 Å². The van der Waals surface area contributed by atoms with Gasteiger partial charge in [-0.25, -0.2) is 4.98 Å². The van der Waals surface area contributed by atoms with Crippen LogP contribution in [0.2, 0.25) is 0 Å². The minimum Gasteiger partial charge on any atom is -0.393 e. The minimum absolute atomic E-state index is 0.0707. The predicted octanol–water partition coefficient (Wildman–Crippen LogP) is 1.73. The number of methoxy groups -OCH3 is 1. The molecule has 1 aliphatic rings. The molecule has 3 rings (SSSR count). The van der Waals surface area contributed by atoms with Crippen LogP contribution >= 0.6 is 0 Å². The smallest absolute Gasteiger partial charge is 0.270 e. The van der Waals surface area contributed by atoms with Crippen LogP contribution in [0.4, 0.5) is 0 Å². The van der Waals surface area contributed by atoms with Crippen LogP contribution in [0, 0.1) is 5.92 Å². The number of nitrogens with zero attached hydrogens (tertiary/aromatic N) is 2. The molecule has 1 aliphatic carbocycles. The minimum atomic E-state index is -0.267. The van der Waals surface area contributed by atoms with E-state index in [4.69, 9.17) is 4.74 Å². The van der Waals surface area contributed by atoms with Gasteiger partial charge < -0.3 is 15.2 Å². The molecule has 0 aromatic carbocycles. The number of amides is 1.